The highest BCUT2D eigenvalue weighted by atomic mass is 127. The lowest BCUT2D eigenvalue weighted by Gasteiger charge is -2.22. The first-order valence-electron chi connectivity index (χ1n) is 4.77. The quantitative estimate of drug-likeness (QED) is 0.808. The molecule has 0 aliphatic heterocycles. The number of nitrogens with two attached hydrogens (primary N) is 1. The van der Waals surface area contributed by atoms with Crippen LogP contribution in [-0.2, 0) is 0 Å². The molecule has 0 spiro atoms. The van der Waals surface area contributed by atoms with Crippen LogP contribution in [0.5, 0.6) is 0 Å². The molecule has 1 heterocycles. The van der Waals surface area contributed by atoms with Gasteiger partial charge in [0.25, 0.3) is 0 Å². The number of nitrogen functional groups attached to an aromatic ring is 1. The standard InChI is InChI=1S/C9H14IN3/c10-8-6-12-13(9(8)11)7-4-2-1-3-5-7/h6-7H,1-5,11H2. The zero-order valence-electron chi connectivity index (χ0n) is 7.54. The number of nitrogens with zero attached hydrogens (tertiary/aromatic N) is 2. The van der Waals surface area contributed by atoms with Crippen LogP contribution in [0.3, 0.4) is 0 Å². The lowest BCUT2D eigenvalue weighted by atomic mass is 9.96. The molecule has 13 heavy (non-hydrogen) atoms. The summed E-state index contributed by atoms with van der Waals surface area (Å²) in [6.07, 6.45) is 8.34. The van der Waals surface area contributed by atoms with Crippen molar-refractivity contribution in [1.82, 2.24) is 9.78 Å². The lowest BCUT2D eigenvalue weighted by Crippen LogP contribution is -2.16. The third kappa shape index (κ3) is 1.82. The summed E-state index contributed by atoms with van der Waals surface area (Å²) in [6, 6.07) is 0.553. The van der Waals surface area contributed by atoms with E-state index in [1.54, 1.807) is 0 Å². The SMILES string of the molecule is Nc1c(I)cnn1C1CCCCC1. The van der Waals surface area contributed by atoms with Crippen molar-refractivity contribution in [3.8, 4) is 0 Å². The van der Waals surface area contributed by atoms with Gasteiger partial charge in [0.15, 0.2) is 0 Å². The number of anilines is 1. The van der Waals surface area contributed by atoms with Gasteiger partial charge in [-0.15, -0.1) is 0 Å². The van der Waals surface area contributed by atoms with Gasteiger partial charge in [0.1, 0.15) is 5.82 Å². The van der Waals surface area contributed by atoms with E-state index in [0.29, 0.717) is 6.04 Å². The normalized spacial score (nSPS) is 19.2. The maximum Gasteiger partial charge on any atom is 0.135 e. The van der Waals surface area contributed by atoms with Crippen molar-refractivity contribution in [2.24, 2.45) is 0 Å². The van der Waals surface area contributed by atoms with Crippen molar-refractivity contribution in [3.05, 3.63) is 9.77 Å². The van der Waals surface area contributed by atoms with Gasteiger partial charge in [0.05, 0.1) is 15.8 Å². The van der Waals surface area contributed by atoms with Crippen molar-refractivity contribution < 1.29 is 0 Å². The molecule has 2 N–H and O–H groups in total. The number of halogens is 1. The third-order valence-corrected chi connectivity index (χ3v) is 3.54. The fraction of sp³-hybridized carbons (Fsp3) is 0.667. The molecule has 0 saturated heterocycles. The molecule has 1 aromatic heterocycles. The Balaban J connectivity index is 2.18. The molecule has 2 rings (SSSR count). The third-order valence-electron chi connectivity index (χ3n) is 2.71. The van der Waals surface area contributed by atoms with Crippen LogP contribution in [0.1, 0.15) is 38.1 Å². The van der Waals surface area contributed by atoms with Crippen LogP contribution >= 0.6 is 22.6 Å². The van der Waals surface area contributed by atoms with E-state index in [4.69, 9.17) is 5.73 Å². The van der Waals surface area contributed by atoms with Crippen molar-refractivity contribution in [2.45, 2.75) is 38.1 Å². The number of hydrogen-bond donors (Lipinski definition) is 1. The van der Waals surface area contributed by atoms with E-state index in [2.05, 4.69) is 27.7 Å². The molecule has 1 aromatic rings. The molecule has 72 valence electrons. The maximum atomic E-state index is 5.93. The first-order valence-corrected chi connectivity index (χ1v) is 5.85. The van der Waals surface area contributed by atoms with Crippen LogP contribution in [0.2, 0.25) is 0 Å². The molecular formula is C9H14IN3. The molecule has 1 fully saturated rings. The van der Waals surface area contributed by atoms with Crippen molar-refractivity contribution in [3.63, 3.8) is 0 Å². The zero-order valence-corrected chi connectivity index (χ0v) is 9.70. The molecule has 0 radical (unpaired) electrons. The number of hydrogen-bond acceptors (Lipinski definition) is 2. The van der Waals surface area contributed by atoms with Crippen LogP contribution in [0.15, 0.2) is 6.20 Å². The Bertz CT molecular complexity index is 289. The minimum Gasteiger partial charge on any atom is -0.383 e. The maximum absolute atomic E-state index is 5.93. The summed E-state index contributed by atoms with van der Waals surface area (Å²) >= 11 is 2.23. The van der Waals surface area contributed by atoms with E-state index < -0.39 is 0 Å². The van der Waals surface area contributed by atoms with E-state index in [1.807, 2.05) is 10.9 Å². The van der Waals surface area contributed by atoms with Crippen LogP contribution in [0.4, 0.5) is 5.82 Å². The van der Waals surface area contributed by atoms with E-state index >= 15 is 0 Å². The monoisotopic (exact) mass is 291 g/mol. The highest BCUT2D eigenvalue weighted by molar-refractivity contribution is 14.1. The highest BCUT2D eigenvalue weighted by Gasteiger charge is 2.18. The molecular weight excluding hydrogens is 277 g/mol. The van der Waals surface area contributed by atoms with Crippen molar-refractivity contribution in [2.75, 3.05) is 5.73 Å². The highest BCUT2D eigenvalue weighted by Crippen LogP contribution is 2.30. The molecule has 0 aromatic carbocycles. The van der Waals surface area contributed by atoms with E-state index in [0.717, 1.165) is 9.39 Å². The Morgan fingerprint density at radius 2 is 2.08 bits per heavy atom. The molecule has 0 unspecified atom stereocenters. The summed E-state index contributed by atoms with van der Waals surface area (Å²) in [5.74, 6) is 0.840. The molecule has 4 heteroatoms. The Labute approximate surface area is 91.8 Å². The molecule has 1 saturated carbocycles. The minimum absolute atomic E-state index is 0.553. The number of rotatable bonds is 1. The van der Waals surface area contributed by atoms with Gasteiger partial charge < -0.3 is 5.73 Å². The number of aromatic nitrogens is 2. The second kappa shape index (κ2) is 3.86. The topological polar surface area (TPSA) is 43.8 Å². The Hall–Kier alpha value is -0.260. The Morgan fingerprint density at radius 3 is 2.62 bits per heavy atom. The van der Waals surface area contributed by atoms with Crippen molar-refractivity contribution >= 4 is 28.4 Å². The summed E-state index contributed by atoms with van der Waals surface area (Å²) < 4.78 is 3.07. The summed E-state index contributed by atoms with van der Waals surface area (Å²) in [5, 5.41) is 4.32. The van der Waals surface area contributed by atoms with Gasteiger partial charge in [-0.1, -0.05) is 19.3 Å². The molecule has 0 atom stereocenters. The van der Waals surface area contributed by atoms with Gasteiger partial charge >= 0.3 is 0 Å². The Kier molecular flexibility index (Phi) is 2.76. The fourth-order valence-corrected chi connectivity index (χ4v) is 2.34. The van der Waals surface area contributed by atoms with Gasteiger partial charge in [0, 0.05) is 0 Å². The minimum atomic E-state index is 0.553. The smallest absolute Gasteiger partial charge is 0.135 e. The van der Waals surface area contributed by atoms with Gasteiger partial charge in [-0.05, 0) is 35.4 Å². The molecule has 1 aliphatic carbocycles. The average Bonchev–Trinajstić information content (AvgIpc) is 2.49. The van der Waals surface area contributed by atoms with Gasteiger partial charge in [-0.2, -0.15) is 5.10 Å². The van der Waals surface area contributed by atoms with Gasteiger partial charge in [0.2, 0.25) is 0 Å². The van der Waals surface area contributed by atoms with Crippen LogP contribution in [-0.4, -0.2) is 9.78 Å². The van der Waals surface area contributed by atoms with E-state index in [-0.39, 0.29) is 0 Å². The average molecular weight is 291 g/mol. The fourth-order valence-electron chi connectivity index (χ4n) is 1.97. The Morgan fingerprint density at radius 1 is 1.38 bits per heavy atom. The lowest BCUT2D eigenvalue weighted by molar-refractivity contribution is 0.333. The van der Waals surface area contributed by atoms with E-state index in [9.17, 15) is 0 Å². The molecule has 3 nitrogen and oxygen atoms in total. The van der Waals surface area contributed by atoms with Crippen LogP contribution < -0.4 is 5.73 Å². The summed E-state index contributed by atoms with van der Waals surface area (Å²) in [6.45, 7) is 0. The summed E-state index contributed by atoms with van der Waals surface area (Å²) in [7, 11) is 0. The van der Waals surface area contributed by atoms with Crippen LogP contribution in [0, 0.1) is 3.57 Å². The van der Waals surface area contributed by atoms with Crippen molar-refractivity contribution in [1.29, 1.82) is 0 Å². The second-order valence-corrected chi connectivity index (χ2v) is 4.78. The first-order chi connectivity index (χ1) is 6.29. The van der Waals surface area contributed by atoms with Gasteiger partial charge in [-0.25, -0.2) is 4.68 Å². The first kappa shape index (κ1) is 9.30. The van der Waals surface area contributed by atoms with Gasteiger partial charge in [-0.3, -0.25) is 0 Å². The summed E-state index contributed by atoms with van der Waals surface area (Å²) in [4.78, 5) is 0. The largest absolute Gasteiger partial charge is 0.383 e. The summed E-state index contributed by atoms with van der Waals surface area (Å²) in [5.41, 5.74) is 5.93. The predicted molar refractivity (Wildman–Crippen MR) is 61.5 cm³/mol. The second-order valence-electron chi connectivity index (χ2n) is 3.61. The van der Waals surface area contributed by atoms with Crippen LogP contribution in [0.25, 0.3) is 0 Å². The zero-order chi connectivity index (χ0) is 9.26. The van der Waals surface area contributed by atoms with E-state index in [1.165, 1.54) is 32.1 Å². The predicted octanol–water partition coefficient (Wildman–Crippen LogP) is 2.58. The molecule has 0 bridgehead atoms. The molecule has 1 aliphatic rings. The molecule has 0 amide bonds.